The highest BCUT2D eigenvalue weighted by molar-refractivity contribution is 6.99. The Morgan fingerprint density at radius 1 is 1.07 bits per heavy atom. The van der Waals surface area contributed by atoms with Crippen LogP contribution in [0, 0.1) is 5.92 Å². The van der Waals surface area contributed by atoms with E-state index in [9.17, 15) is 9.90 Å². The van der Waals surface area contributed by atoms with E-state index >= 15 is 0 Å². The molecule has 0 unspecified atom stereocenters. The summed E-state index contributed by atoms with van der Waals surface area (Å²) in [5.41, 5.74) is -0.794. The molecule has 1 aliphatic carbocycles. The van der Waals surface area contributed by atoms with E-state index in [1.165, 1.54) is 17.5 Å². The summed E-state index contributed by atoms with van der Waals surface area (Å²) in [4.78, 5) is 12.1. The molecule has 162 valence electrons. The number of aliphatic hydroxyl groups is 1. The zero-order valence-corrected chi connectivity index (χ0v) is 19.3. The molecule has 1 N–H and O–H groups in total. The van der Waals surface area contributed by atoms with Crippen molar-refractivity contribution in [1.29, 1.82) is 0 Å². The summed E-state index contributed by atoms with van der Waals surface area (Å²) in [7, 11) is -1.27. The number of carbonyl (C=O) groups excluding carboxylic acids is 1. The number of hydrogen-bond acceptors (Lipinski definition) is 5. The maximum absolute atomic E-state index is 12.1. The number of ether oxygens (including phenoxy) is 2. The van der Waals surface area contributed by atoms with E-state index in [0.29, 0.717) is 6.42 Å². The van der Waals surface area contributed by atoms with Gasteiger partial charge in [-0.25, -0.2) is 4.79 Å². The summed E-state index contributed by atoms with van der Waals surface area (Å²) < 4.78 is 17.6. The summed E-state index contributed by atoms with van der Waals surface area (Å²) in [6.45, 7) is 6.72. The molecule has 3 rings (SSSR count). The molecule has 0 aromatic heterocycles. The first-order chi connectivity index (χ1) is 14.3. The van der Waals surface area contributed by atoms with E-state index in [1.807, 2.05) is 36.4 Å². The van der Waals surface area contributed by atoms with Crippen LogP contribution in [-0.2, 0) is 18.7 Å². The van der Waals surface area contributed by atoms with Gasteiger partial charge in [0.25, 0.3) is 8.32 Å². The average molecular weight is 429 g/mol. The lowest BCUT2D eigenvalue weighted by Gasteiger charge is -2.43. The number of rotatable bonds is 9. The number of hydrogen-bond donors (Lipinski definition) is 1. The molecule has 0 radical (unpaired) electrons. The third kappa shape index (κ3) is 4.37. The predicted molar refractivity (Wildman–Crippen MR) is 119 cm³/mol. The lowest BCUT2D eigenvalue weighted by Crippen LogP contribution is -2.67. The topological polar surface area (TPSA) is 65.0 Å². The van der Waals surface area contributed by atoms with Gasteiger partial charge in [0.15, 0.2) is 0 Å². The summed E-state index contributed by atoms with van der Waals surface area (Å²) in [5.74, 6) is -0.545. The van der Waals surface area contributed by atoms with Crippen molar-refractivity contribution >= 4 is 24.7 Å². The Labute approximate surface area is 180 Å². The van der Waals surface area contributed by atoms with Crippen LogP contribution in [0.4, 0.5) is 0 Å². The van der Waals surface area contributed by atoms with Crippen molar-refractivity contribution in [1.82, 2.24) is 0 Å². The second kappa shape index (κ2) is 9.02. The van der Waals surface area contributed by atoms with Crippen LogP contribution >= 0.6 is 0 Å². The zero-order valence-electron chi connectivity index (χ0n) is 18.3. The van der Waals surface area contributed by atoms with Gasteiger partial charge >= 0.3 is 5.97 Å². The highest BCUT2D eigenvalue weighted by Crippen LogP contribution is 2.48. The van der Waals surface area contributed by atoms with E-state index in [-0.39, 0.29) is 30.8 Å². The van der Waals surface area contributed by atoms with E-state index < -0.39 is 19.9 Å². The van der Waals surface area contributed by atoms with Crippen LogP contribution in [0.5, 0.6) is 0 Å². The highest BCUT2D eigenvalue weighted by atomic mass is 28.4. The molecular weight excluding hydrogens is 396 g/mol. The lowest BCUT2D eigenvalue weighted by atomic mass is 10.2. The molecule has 30 heavy (non-hydrogen) atoms. The lowest BCUT2D eigenvalue weighted by molar-refractivity contribution is -0.159. The molecule has 0 amide bonds. The second-order valence-electron chi connectivity index (χ2n) is 9.01. The minimum absolute atomic E-state index is 0.0373. The normalized spacial score (nSPS) is 21.3. The molecular formula is C24H32O5Si. The fourth-order valence-electron chi connectivity index (χ4n) is 4.29. The molecule has 0 heterocycles. The summed E-state index contributed by atoms with van der Waals surface area (Å²) >= 11 is 0. The van der Waals surface area contributed by atoms with Crippen LogP contribution in [0.25, 0.3) is 0 Å². The molecule has 2 aromatic rings. The molecule has 1 aliphatic rings. The third-order valence-corrected chi connectivity index (χ3v) is 10.9. The maximum atomic E-state index is 12.1. The van der Waals surface area contributed by atoms with E-state index in [2.05, 4.69) is 45.0 Å². The molecule has 0 aliphatic heterocycles. The number of esters is 1. The second-order valence-corrected chi connectivity index (χ2v) is 13.3. The fraction of sp³-hybridized carbons (Fsp3) is 0.458. The highest BCUT2D eigenvalue weighted by Gasteiger charge is 2.60. The van der Waals surface area contributed by atoms with Gasteiger partial charge in [-0.2, -0.15) is 0 Å². The van der Waals surface area contributed by atoms with Crippen LogP contribution in [0.2, 0.25) is 5.04 Å². The Bertz CT molecular complexity index is 794. The molecule has 1 saturated carbocycles. The van der Waals surface area contributed by atoms with Crippen molar-refractivity contribution in [2.24, 2.45) is 5.92 Å². The number of methoxy groups -OCH3 is 1. The summed E-state index contributed by atoms with van der Waals surface area (Å²) in [6, 6.07) is 20.7. The van der Waals surface area contributed by atoms with Crippen LogP contribution in [0.1, 0.15) is 27.2 Å². The molecule has 6 heteroatoms. The van der Waals surface area contributed by atoms with E-state index in [0.717, 1.165) is 0 Å². The van der Waals surface area contributed by atoms with Gasteiger partial charge in [0, 0.05) is 19.6 Å². The Hall–Kier alpha value is -1.99. The molecule has 0 bridgehead atoms. The van der Waals surface area contributed by atoms with Gasteiger partial charge in [0.2, 0.25) is 0 Å². The van der Waals surface area contributed by atoms with Gasteiger partial charge in [-0.1, -0.05) is 81.4 Å². The minimum atomic E-state index is -2.74. The number of benzene rings is 2. The van der Waals surface area contributed by atoms with Gasteiger partial charge < -0.3 is 19.0 Å². The molecule has 0 saturated heterocycles. The van der Waals surface area contributed by atoms with Gasteiger partial charge in [0.1, 0.15) is 12.2 Å². The van der Waals surface area contributed by atoms with E-state index in [1.54, 1.807) is 0 Å². The summed E-state index contributed by atoms with van der Waals surface area (Å²) in [6.07, 6.45) is 0.594. The Kier molecular flexibility index (Phi) is 6.82. The molecule has 2 atom stereocenters. The molecule has 1 fully saturated rings. The first-order valence-electron chi connectivity index (χ1n) is 10.4. The van der Waals surface area contributed by atoms with Gasteiger partial charge in [-0.05, 0) is 21.8 Å². The number of carbonyl (C=O) groups is 1. The molecule has 5 nitrogen and oxygen atoms in total. The van der Waals surface area contributed by atoms with Gasteiger partial charge in [-0.15, -0.1) is 0 Å². The smallest absolute Gasteiger partial charge is 0.332 e. The van der Waals surface area contributed by atoms with E-state index in [4.69, 9.17) is 13.9 Å². The fourth-order valence-corrected chi connectivity index (χ4v) is 8.90. The van der Waals surface area contributed by atoms with Crippen molar-refractivity contribution < 1.29 is 23.8 Å². The molecule has 2 aromatic carbocycles. The third-order valence-electron chi connectivity index (χ3n) is 5.93. The quantitative estimate of drug-likeness (QED) is 0.491. The first-order valence-corrected chi connectivity index (χ1v) is 12.3. The average Bonchev–Trinajstić information content (AvgIpc) is 3.42. The standard InChI is InChI=1S/C24H32O5Si/c1-23(2,3)30(20-11-7-5-8-12-20,21-13-9-6-10-14-21)28-18-24(15-19(24)16-25)29-22(26)17-27-4/h5-14,19,25H,15-18H2,1-4H3/t19-,24+/m0/s1. The van der Waals surface area contributed by atoms with Crippen molar-refractivity contribution in [3.63, 3.8) is 0 Å². The summed E-state index contributed by atoms with van der Waals surface area (Å²) in [5, 5.41) is 11.9. The van der Waals surface area contributed by atoms with Gasteiger partial charge in [0.05, 0.1) is 6.61 Å². The zero-order chi connectivity index (χ0) is 21.8. The van der Waals surface area contributed by atoms with Crippen molar-refractivity contribution in [3.8, 4) is 0 Å². The first kappa shape index (κ1) is 22.7. The predicted octanol–water partition coefficient (Wildman–Crippen LogP) is 2.50. The van der Waals surface area contributed by atoms with Crippen LogP contribution in [0.3, 0.4) is 0 Å². The van der Waals surface area contributed by atoms with Crippen LogP contribution < -0.4 is 10.4 Å². The molecule has 0 spiro atoms. The van der Waals surface area contributed by atoms with Crippen molar-refractivity contribution in [2.75, 3.05) is 26.9 Å². The maximum Gasteiger partial charge on any atom is 0.332 e. The number of aliphatic hydroxyl groups excluding tert-OH is 1. The largest absolute Gasteiger partial charge is 0.455 e. The van der Waals surface area contributed by atoms with Crippen molar-refractivity contribution in [3.05, 3.63) is 60.7 Å². The van der Waals surface area contributed by atoms with Crippen molar-refractivity contribution in [2.45, 2.75) is 37.8 Å². The van der Waals surface area contributed by atoms with Gasteiger partial charge in [-0.3, -0.25) is 0 Å². The SMILES string of the molecule is COCC(=O)O[C@@]1(CO[Si](c2ccccc2)(c2ccccc2)C(C)(C)C)C[C@H]1CO. The van der Waals surface area contributed by atoms with Crippen LogP contribution in [0.15, 0.2) is 60.7 Å². The Balaban J connectivity index is 2.00. The van der Waals surface area contributed by atoms with Crippen LogP contribution in [-0.4, -0.2) is 51.9 Å². The minimum Gasteiger partial charge on any atom is -0.455 e. The Morgan fingerprint density at radius 3 is 2.00 bits per heavy atom. The monoisotopic (exact) mass is 428 g/mol. The Morgan fingerprint density at radius 2 is 1.60 bits per heavy atom.